The highest BCUT2D eigenvalue weighted by molar-refractivity contribution is 5.51. The van der Waals surface area contributed by atoms with Crippen molar-refractivity contribution in [1.29, 1.82) is 0 Å². The highest BCUT2D eigenvalue weighted by Crippen LogP contribution is 2.33. The molecule has 0 bridgehead atoms. The van der Waals surface area contributed by atoms with Gasteiger partial charge in [0.15, 0.2) is 5.75 Å². The number of benzene rings is 1. The maximum absolute atomic E-state index is 11.1. The minimum atomic E-state index is -0.446. The standard InChI is InChI=1S/C13H18N2O4/c1-9-5-6-14-8-13(9)19-12-4-3-10(18-2)7-11(12)15(16)17/h3-4,7,9,13-14H,5-6,8H2,1-2H3. The summed E-state index contributed by atoms with van der Waals surface area (Å²) < 4.78 is 10.8. The molecule has 2 atom stereocenters. The molecule has 1 fully saturated rings. The van der Waals surface area contributed by atoms with Crippen molar-refractivity contribution < 1.29 is 14.4 Å². The largest absolute Gasteiger partial charge is 0.496 e. The lowest BCUT2D eigenvalue weighted by molar-refractivity contribution is -0.386. The quantitative estimate of drug-likeness (QED) is 0.666. The summed E-state index contributed by atoms with van der Waals surface area (Å²) in [6, 6.07) is 4.65. The second kappa shape index (κ2) is 5.88. The summed E-state index contributed by atoms with van der Waals surface area (Å²) in [5.74, 6) is 1.13. The zero-order chi connectivity index (χ0) is 13.8. The number of methoxy groups -OCH3 is 1. The molecule has 0 saturated carbocycles. The molecular weight excluding hydrogens is 248 g/mol. The number of nitro benzene ring substituents is 1. The number of hydrogen-bond donors (Lipinski definition) is 1. The van der Waals surface area contributed by atoms with E-state index in [0.29, 0.717) is 24.0 Å². The van der Waals surface area contributed by atoms with Crippen LogP contribution in [0.25, 0.3) is 0 Å². The van der Waals surface area contributed by atoms with E-state index in [1.807, 2.05) is 0 Å². The Bertz CT molecular complexity index is 464. The second-order valence-electron chi connectivity index (χ2n) is 4.72. The van der Waals surface area contributed by atoms with Crippen LogP contribution >= 0.6 is 0 Å². The van der Waals surface area contributed by atoms with Crippen LogP contribution in [0.15, 0.2) is 18.2 Å². The Labute approximate surface area is 111 Å². The first-order valence-electron chi connectivity index (χ1n) is 6.31. The fraction of sp³-hybridized carbons (Fsp3) is 0.538. The van der Waals surface area contributed by atoms with Gasteiger partial charge in [-0.3, -0.25) is 10.1 Å². The number of nitro groups is 1. The molecule has 19 heavy (non-hydrogen) atoms. The van der Waals surface area contributed by atoms with Crippen LogP contribution in [0.2, 0.25) is 0 Å². The Kier molecular flexibility index (Phi) is 4.21. The molecule has 104 valence electrons. The Hall–Kier alpha value is -1.82. The van der Waals surface area contributed by atoms with Crippen molar-refractivity contribution in [3.8, 4) is 11.5 Å². The number of hydrogen-bond acceptors (Lipinski definition) is 5. The van der Waals surface area contributed by atoms with E-state index < -0.39 is 4.92 Å². The fourth-order valence-electron chi connectivity index (χ4n) is 2.15. The number of nitrogens with one attached hydrogen (secondary N) is 1. The maximum atomic E-state index is 11.1. The summed E-state index contributed by atoms with van der Waals surface area (Å²) in [6.07, 6.45) is 0.968. The zero-order valence-corrected chi connectivity index (χ0v) is 11.1. The van der Waals surface area contributed by atoms with E-state index in [1.54, 1.807) is 12.1 Å². The minimum Gasteiger partial charge on any atom is -0.496 e. The van der Waals surface area contributed by atoms with Gasteiger partial charge in [0.05, 0.1) is 18.1 Å². The van der Waals surface area contributed by atoms with Gasteiger partial charge in [-0.15, -0.1) is 0 Å². The molecule has 1 aliphatic heterocycles. The molecule has 2 unspecified atom stereocenters. The van der Waals surface area contributed by atoms with Gasteiger partial charge in [0.25, 0.3) is 0 Å². The van der Waals surface area contributed by atoms with Crippen molar-refractivity contribution in [3.63, 3.8) is 0 Å². The lowest BCUT2D eigenvalue weighted by atomic mass is 9.97. The molecule has 6 nitrogen and oxygen atoms in total. The summed E-state index contributed by atoms with van der Waals surface area (Å²) >= 11 is 0. The van der Waals surface area contributed by atoms with E-state index in [-0.39, 0.29) is 11.8 Å². The van der Waals surface area contributed by atoms with E-state index in [1.165, 1.54) is 13.2 Å². The minimum absolute atomic E-state index is 0.0409. The summed E-state index contributed by atoms with van der Waals surface area (Å²) in [4.78, 5) is 10.6. The van der Waals surface area contributed by atoms with Gasteiger partial charge in [0.1, 0.15) is 11.9 Å². The van der Waals surface area contributed by atoms with E-state index >= 15 is 0 Å². The van der Waals surface area contributed by atoms with Gasteiger partial charge >= 0.3 is 5.69 Å². The third-order valence-corrected chi connectivity index (χ3v) is 3.40. The van der Waals surface area contributed by atoms with Crippen molar-refractivity contribution in [2.45, 2.75) is 19.4 Å². The monoisotopic (exact) mass is 266 g/mol. The molecule has 1 N–H and O–H groups in total. The van der Waals surface area contributed by atoms with Gasteiger partial charge in [0, 0.05) is 6.54 Å². The molecule has 0 radical (unpaired) electrons. The predicted molar refractivity (Wildman–Crippen MR) is 70.7 cm³/mol. The summed E-state index contributed by atoms with van der Waals surface area (Å²) in [6.45, 7) is 3.77. The Balaban J connectivity index is 2.21. The predicted octanol–water partition coefficient (Wildman–Crippen LogP) is 1.98. The van der Waals surface area contributed by atoms with Crippen LogP contribution in [0.5, 0.6) is 11.5 Å². The van der Waals surface area contributed by atoms with E-state index in [2.05, 4.69) is 12.2 Å². The van der Waals surface area contributed by atoms with Gasteiger partial charge in [-0.05, 0) is 31.0 Å². The maximum Gasteiger partial charge on any atom is 0.314 e. The first-order valence-corrected chi connectivity index (χ1v) is 6.31. The van der Waals surface area contributed by atoms with Crippen molar-refractivity contribution in [2.75, 3.05) is 20.2 Å². The topological polar surface area (TPSA) is 73.6 Å². The molecule has 0 spiro atoms. The van der Waals surface area contributed by atoms with Crippen LogP contribution in [-0.4, -0.2) is 31.2 Å². The third kappa shape index (κ3) is 3.14. The number of piperidine rings is 1. The number of ether oxygens (including phenoxy) is 2. The molecule has 1 aliphatic rings. The van der Waals surface area contributed by atoms with Crippen LogP contribution in [0, 0.1) is 16.0 Å². The number of nitrogens with zero attached hydrogens (tertiary/aromatic N) is 1. The lowest BCUT2D eigenvalue weighted by Crippen LogP contribution is -2.42. The summed E-state index contributed by atoms with van der Waals surface area (Å²) in [5.41, 5.74) is -0.0582. The number of rotatable bonds is 4. The molecule has 1 aromatic carbocycles. The Morgan fingerprint density at radius 3 is 2.89 bits per heavy atom. The Morgan fingerprint density at radius 1 is 1.47 bits per heavy atom. The molecule has 0 aliphatic carbocycles. The first-order chi connectivity index (χ1) is 9.11. The van der Waals surface area contributed by atoms with Crippen LogP contribution < -0.4 is 14.8 Å². The smallest absolute Gasteiger partial charge is 0.314 e. The molecule has 0 amide bonds. The highest BCUT2D eigenvalue weighted by atomic mass is 16.6. The van der Waals surface area contributed by atoms with Crippen LogP contribution in [0.1, 0.15) is 13.3 Å². The molecule has 2 rings (SSSR count). The first kappa shape index (κ1) is 13.6. The molecule has 0 aromatic heterocycles. The van der Waals surface area contributed by atoms with Crippen molar-refractivity contribution in [3.05, 3.63) is 28.3 Å². The molecule has 1 heterocycles. The Morgan fingerprint density at radius 2 is 2.26 bits per heavy atom. The van der Waals surface area contributed by atoms with Gasteiger partial charge in [-0.2, -0.15) is 0 Å². The third-order valence-electron chi connectivity index (χ3n) is 3.40. The van der Waals surface area contributed by atoms with E-state index in [9.17, 15) is 10.1 Å². The van der Waals surface area contributed by atoms with Crippen molar-refractivity contribution >= 4 is 5.69 Å². The van der Waals surface area contributed by atoms with Gasteiger partial charge in [-0.25, -0.2) is 0 Å². The average Bonchev–Trinajstić information content (AvgIpc) is 2.41. The lowest BCUT2D eigenvalue weighted by Gasteiger charge is -2.29. The van der Waals surface area contributed by atoms with Crippen molar-refractivity contribution in [2.24, 2.45) is 5.92 Å². The van der Waals surface area contributed by atoms with Gasteiger partial charge < -0.3 is 14.8 Å². The second-order valence-corrected chi connectivity index (χ2v) is 4.72. The van der Waals surface area contributed by atoms with Gasteiger partial charge in [0.2, 0.25) is 0 Å². The fourth-order valence-corrected chi connectivity index (χ4v) is 2.15. The summed E-state index contributed by atoms with van der Waals surface area (Å²) in [7, 11) is 1.48. The normalized spacial score (nSPS) is 22.8. The average molecular weight is 266 g/mol. The van der Waals surface area contributed by atoms with Crippen LogP contribution in [0.3, 0.4) is 0 Å². The SMILES string of the molecule is COc1ccc(OC2CNCCC2C)c([N+](=O)[O-])c1. The van der Waals surface area contributed by atoms with Crippen LogP contribution in [-0.2, 0) is 0 Å². The van der Waals surface area contributed by atoms with E-state index in [0.717, 1.165) is 13.0 Å². The zero-order valence-electron chi connectivity index (χ0n) is 11.1. The van der Waals surface area contributed by atoms with E-state index in [4.69, 9.17) is 9.47 Å². The molecule has 1 saturated heterocycles. The highest BCUT2D eigenvalue weighted by Gasteiger charge is 2.26. The molecule has 1 aromatic rings. The summed E-state index contributed by atoms with van der Waals surface area (Å²) in [5, 5.41) is 14.3. The molecular formula is C13H18N2O4. The molecule has 6 heteroatoms. The van der Waals surface area contributed by atoms with Crippen LogP contribution in [0.4, 0.5) is 5.69 Å². The van der Waals surface area contributed by atoms with Gasteiger partial charge in [-0.1, -0.05) is 6.92 Å². The van der Waals surface area contributed by atoms with Crippen molar-refractivity contribution in [1.82, 2.24) is 5.32 Å².